The number of fused-ring (bicyclic) bond motifs is 1. The lowest BCUT2D eigenvalue weighted by molar-refractivity contribution is 0.625. The maximum Gasteiger partial charge on any atom is 0.141 e. The fourth-order valence-corrected chi connectivity index (χ4v) is 2.93. The summed E-state index contributed by atoms with van der Waals surface area (Å²) in [5, 5.41) is 3.06. The van der Waals surface area contributed by atoms with Crippen molar-refractivity contribution in [1.82, 2.24) is 9.97 Å². The number of thiophene rings is 1. The normalized spacial score (nSPS) is 12.6. The Morgan fingerprint density at radius 1 is 1.15 bits per heavy atom. The first-order valence-electron chi connectivity index (χ1n) is 6.33. The average molecular weight is 287 g/mol. The fraction of sp³-hybridized carbons (Fsp3) is 0.200. The van der Waals surface area contributed by atoms with Crippen molar-refractivity contribution in [2.75, 3.05) is 11.9 Å². The monoisotopic (exact) mass is 287 g/mol. The second-order valence-electron chi connectivity index (χ2n) is 4.68. The quantitative estimate of drug-likeness (QED) is 0.728. The summed E-state index contributed by atoms with van der Waals surface area (Å²) in [6, 6.07) is 8.72. The van der Waals surface area contributed by atoms with Gasteiger partial charge in [-0.15, -0.1) is 11.3 Å². The Bertz CT molecular complexity index is 723. The van der Waals surface area contributed by atoms with E-state index in [0.717, 1.165) is 21.6 Å². The summed E-state index contributed by atoms with van der Waals surface area (Å²) in [6.45, 7) is 2.08. The SMILES string of the molecule is C[C@H](c1ccc(F)cc1)N(C)c1ncnc2sccc12. The van der Waals surface area contributed by atoms with E-state index < -0.39 is 0 Å². The van der Waals surface area contributed by atoms with Crippen molar-refractivity contribution >= 4 is 27.4 Å². The average Bonchev–Trinajstić information content (AvgIpc) is 2.95. The van der Waals surface area contributed by atoms with Gasteiger partial charge in [0.05, 0.1) is 11.4 Å². The van der Waals surface area contributed by atoms with E-state index in [-0.39, 0.29) is 11.9 Å². The predicted octanol–water partition coefficient (Wildman–Crippen LogP) is 4.03. The van der Waals surface area contributed by atoms with E-state index in [1.165, 1.54) is 12.1 Å². The lowest BCUT2D eigenvalue weighted by atomic mass is 10.1. The van der Waals surface area contributed by atoms with Gasteiger partial charge in [0.15, 0.2) is 0 Å². The van der Waals surface area contributed by atoms with Crippen LogP contribution in [0.5, 0.6) is 0 Å². The van der Waals surface area contributed by atoms with Crippen LogP contribution in [0, 0.1) is 5.82 Å². The summed E-state index contributed by atoms with van der Waals surface area (Å²) in [4.78, 5) is 11.7. The Labute approximate surface area is 120 Å². The second kappa shape index (κ2) is 5.17. The van der Waals surface area contributed by atoms with E-state index in [2.05, 4.69) is 21.8 Å². The molecule has 1 atom stereocenters. The molecule has 0 N–H and O–H groups in total. The number of rotatable bonds is 3. The minimum atomic E-state index is -0.217. The van der Waals surface area contributed by atoms with Crippen LogP contribution < -0.4 is 4.90 Å². The van der Waals surface area contributed by atoms with Crippen molar-refractivity contribution in [3.8, 4) is 0 Å². The van der Waals surface area contributed by atoms with E-state index in [9.17, 15) is 4.39 Å². The number of benzene rings is 1. The Kier molecular flexibility index (Phi) is 3.36. The summed E-state index contributed by atoms with van der Waals surface area (Å²) < 4.78 is 13.0. The fourth-order valence-electron chi connectivity index (χ4n) is 2.21. The van der Waals surface area contributed by atoms with Gasteiger partial charge in [-0.3, -0.25) is 0 Å². The molecule has 5 heteroatoms. The van der Waals surface area contributed by atoms with Gasteiger partial charge in [0, 0.05) is 7.05 Å². The zero-order valence-corrected chi connectivity index (χ0v) is 12.1. The van der Waals surface area contributed by atoms with E-state index in [4.69, 9.17) is 0 Å². The molecular weight excluding hydrogens is 273 g/mol. The molecule has 0 saturated carbocycles. The Hall–Kier alpha value is -2.01. The molecule has 0 spiro atoms. The molecule has 0 unspecified atom stereocenters. The highest BCUT2D eigenvalue weighted by Crippen LogP contribution is 2.31. The molecule has 0 radical (unpaired) electrons. The molecule has 2 heterocycles. The second-order valence-corrected chi connectivity index (χ2v) is 5.57. The van der Waals surface area contributed by atoms with Gasteiger partial charge in [-0.1, -0.05) is 12.1 Å². The molecule has 102 valence electrons. The van der Waals surface area contributed by atoms with Crippen LogP contribution in [0.15, 0.2) is 42.0 Å². The van der Waals surface area contributed by atoms with Crippen LogP contribution in [0.3, 0.4) is 0 Å². The van der Waals surface area contributed by atoms with Crippen molar-refractivity contribution < 1.29 is 4.39 Å². The highest BCUT2D eigenvalue weighted by Gasteiger charge is 2.16. The lowest BCUT2D eigenvalue weighted by Crippen LogP contribution is -2.22. The standard InChI is InChI=1S/C15H14FN3S/c1-10(11-3-5-12(16)6-4-11)19(2)14-13-7-8-20-15(13)18-9-17-14/h3-10H,1-2H3/t10-/m1/s1. The molecule has 3 nitrogen and oxygen atoms in total. The summed E-state index contributed by atoms with van der Waals surface area (Å²) >= 11 is 1.60. The zero-order valence-electron chi connectivity index (χ0n) is 11.2. The third kappa shape index (κ3) is 2.25. The maximum atomic E-state index is 13.0. The topological polar surface area (TPSA) is 29.0 Å². The molecule has 0 aliphatic rings. The molecule has 0 aliphatic heterocycles. The minimum Gasteiger partial charge on any atom is -0.352 e. The van der Waals surface area contributed by atoms with Crippen LogP contribution in [0.2, 0.25) is 0 Å². The lowest BCUT2D eigenvalue weighted by Gasteiger charge is -2.26. The predicted molar refractivity (Wildman–Crippen MR) is 80.6 cm³/mol. The van der Waals surface area contributed by atoms with E-state index >= 15 is 0 Å². The molecule has 3 rings (SSSR count). The number of nitrogens with zero attached hydrogens (tertiary/aromatic N) is 3. The molecule has 3 aromatic rings. The molecule has 0 saturated heterocycles. The highest BCUT2D eigenvalue weighted by atomic mass is 32.1. The van der Waals surface area contributed by atoms with Crippen LogP contribution >= 0.6 is 11.3 Å². The molecule has 0 fully saturated rings. The van der Waals surface area contributed by atoms with Gasteiger partial charge in [-0.25, -0.2) is 14.4 Å². The first-order chi connectivity index (χ1) is 9.66. The zero-order chi connectivity index (χ0) is 14.1. The van der Waals surface area contributed by atoms with Crippen molar-refractivity contribution in [3.63, 3.8) is 0 Å². The first kappa shape index (κ1) is 13.0. The smallest absolute Gasteiger partial charge is 0.141 e. The van der Waals surface area contributed by atoms with Gasteiger partial charge in [0.25, 0.3) is 0 Å². The largest absolute Gasteiger partial charge is 0.352 e. The molecule has 0 aliphatic carbocycles. The summed E-state index contributed by atoms with van der Waals surface area (Å²) in [7, 11) is 1.99. The van der Waals surface area contributed by atoms with Gasteiger partial charge in [0.1, 0.15) is 22.8 Å². The number of aromatic nitrogens is 2. The van der Waals surface area contributed by atoms with Gasteiger partial charge in [-0.05, 0) is 36.1 Å². The van der Waals surface area contributed by atoms with Gasteiger partial charge >= 0.3 is 0 Å². The molecule has 20 heavy (non-hydrogen) atoms. The van der Waals surface area contributed by atoms with Crippen LogP contribution in [-0.2, 0) is 0 Å². The number of hydrogen-bond donors (Lipinski definition) is 0. The number of halogens is 1. The maximum absolute atomic E-state index is 13.0. The third-order valence-corrected chi connectivity index (χ3v) is 4.33. The Morgan fingerprint density at radius 3 is 2.65 bits per heavy atom. The first-order valence-corrected chi connectivity index (χ1v) is 7.21. The van der Waals surface area contributed by atoms with Gasteiger partial charge in [-0.2, -0.15) is 0 Å². The highest BCUT2D eigenvalue weighted by molar-refractivity contribution is 7.16. The van der Waals surface area contributed by atoms with Gasteiger partial charge < -0.3 is 4.90 Å². The Balaban J connectivity index is 1.97. The van der Waals surface area contributed by atoms with Crippen LogP contribution in [0.25, 0.3) is 10.2 Å². The molecule has 0 bridgehead atoms. The van der Waals surface area contributed by atoms with Crippen LogP contribution in [0.1, 0.15) is 18.5 Å². The number of hydrogen-bond acceptors (Lipinski definition) is 4. The number of anilines is 1. The molecule has 2 aromatic heterocycles. The van der Waals surface area contributed by atoms with E-state index in [1.54, 1.807) is 17.7 Å². The van der Waals surface area contributed by atoms with Crippen molar-refractivity contribution in [3.05, 3.63) is 53.4 Å². The summed E-state index contributed by atoms with van der Waals surface area (Å²) in [6.07, 6.45) is 1.59. The van der Waals surface area contributed by atoms with Gasteiger partial charge in [0.2, 0.25) is 0 Å². The van der Waals surface area contributed by atoms with Crippen molar-refractivity contribution in [2.24, 2.45) is 0 Å². The van der Waals surface area contributed by atoms with Crippen LogP contribution in [-0.4, -0.2) is 17.0 Å². The third-order valence-electron chi connectivity index (χ3n) is 3.51. The molecular formula is C15H14FN3S. The van der Waals surface area contributed by atoms with E-state index in [0.29, 0.717) is 0 Å². The van der Waals surface area contributed by atoms with E-state index in [1.807, 2.05) is 30.6 Å². The molecule has 1 aromatic carbocycles. The minimum absolute atomic E-state index is 0.105. The summed E-state index contributed by atoms with van der Waals surface area (Å²) in [5.41, 5.74) is 1.05. The summed E-state index contributed by atoms with van der Waals surface area (Å²) in [5.74, 6) is 0.680. The molecule has 0 amide bonds. The van der Waals surface area contributed by atoms with Crippen molar-refractivity contribution in [2.45, 2.75) is 13.0 Å². The Morgan fingerprint density at radius 2 is 1.90 bits per heavy atom. The van der Waals surface area contributed by atoms with Crippen molar-refractivity contribution in [1.29, 1.82) is 0 Å². The van der Waals surface area contributed by atoms with Crippen LogP contribution in [0.4, 0.5) is 10.2 Å².